The summed E-state index contributed by atoms with van der Waals surface area (Å²) in [5.74, 6) is -1.31. The van der Waals surface area contributed by atoms with Gasteiger partial charge in [-0.2, -0.15) is 5.10 Å². The minimum atomic E-state index is -0.817. The number of carbonyl (C=O) groups is 1. The highest BCUT2D eigenvalue weighted by Gasteiger charge is 2.13. The van der Waals surface area contributed by atoms with Crippen molar-refractivity contribution in [2.45, 2.75) is 26.3 Å². The van der Waals surface area contributed by atoms with Crippen LogP contribution in [0, 0.1) is 6.92 Å². The van der Waals surface area contributed by atoms with Crippen LogP contribution in [-0.2, 0) is 11.3 Å². The molecule has 100 valence electrons. The second-order valence-electron chi connectivity index (χ2n) is 4.56. The topological polar surface area (TPSA) is 55.1 Å². The normalized spacial score (nSPS) is 12.4. The number of rotatable bonds is 4. The molecule has 0 aliphatic carbocycles. The molecule has 0 aliphatic rings. The molecule has 1 heterocycles. The van der Waals surface area contributed by atoms with E-state index in [1.807, 2.05) is 31.2 Å². The molecule has 0 amide bonds. The summed E-state index contributed by atoms with van der Waals surface area (Å²) in [6.45, 7) is 4.15. The lowest BCUT2D eigenvalue weighted by molar-refractivity contribution is -0.138. The molecule has 4 nitrogen and oxygen atoms in total. The molecule has 1 aromatic heterocycles. The first-order chi connectivity index (χ1) is 8.97. The molecule has 0 saturated heterocycles. The van der Waals surface area contributed by atoms with E-state index in [0.29, 0.717) is 11.6 Å². The zero-order chi connectivity index (χ0) is 14.0. The lowest BCUT2D eigenvalue weighted by Gasteiger charge is -2.08. The number of aryl methyl sites for hydroxylation is 1. The predicted molar refractivity (Wildman–Crippen MR) is 73.6 cm³/mol. The Kier molecular flexibility index (Phi) is 3.90. The van der Waals surface area contributed by atoms with Crippen LogP contribution >= 0.6 is 11.6 Å². The van der Waals surface area contributed by atoms with Crippen LogP contribution in [0.3, 0.4) is 0 Å². The largest absolute Gasteiger partial charge is 0.481 e. The van der Waals surface area contributed by atoms with Crippen LogP contribution in [0.5, 0.6) is 0 Å². The van der Waals surface area contributed by atoms with Crippen molar-refractivity contribution in [1.29, 1.82) is 0 Å². The van der Waals surface area contributed by atoms with Crippen LogP contribution in [-0.4, -0.2) is 20.9 Å². The van der Waals surface area contributed by atoms with Crippen molar-refractivity contribution < 1.29 is 9.90 Å². The van der Waals surface area contributed by atoms with Gasteiger partial charge in [0.15, 0.2) is 0 Å². The molecule has 1 aromatic carbocycles. The Labute approximate surface area is 116 Å². The first-order valence-corrected chi connectivity index (χ1v) is 6.36. The Bertz CT molecular complexity index is 570. The number of carboxylic acid groups (broad SMARTS) is 1. The van der Waals surface area contributed by atoms with Gasteiger partial charge in [-0.1, -0.05) is 35.9 Å². The second kappa shape index (κ2) is 5.45. The number of aromatic nitrogens is 2. The molecule has 1 N–H and O–H groups in total. The molecule has 0 radical (unpaired) electrons. The number of nitrogens with zero attached hydrogens (tertiary/aromatic N) is 2. The molecule has 2 rings (SSSR count). The molecule has 2 aromatic rings. The number of halogens is 1. The Balaban J connectivity index is 2.12. The van der Waals surface area contributed by atoms with E-state index in [9.17, 15) is 4.79 Å². The van der Waals surface area contributed by atoms with Gasteiger partial charge in [-0.15, -0.1) is 0 Å². The van der Waals surface area contributed by atoms with Gasteiger partial charge in [0, 0.05) is 6.20 Å². The number of hydrogen-bond donors (Lipinski definition) is 1. The van der Waals surface area contributed by atoms with Crippen LogP contribution in [0.1, 0.15) is 29.7 Å². The van der Waals surface area contributed by atoms with Gasteiger partial charge in [0.2, 0.25) is 0 Å². The van der Waals surface area contributed by atoms with Crippen molar-refractivity contribution in [2.75, 3.05) is 0 Å². The number of carboxylic acids is 1. The van der Waals surface area contributed by atoms with E-state index in [-0.39, 0.29) is 0 Å². The fourth-order valence-corrected chi connectivity index (χ4v) is 1.97. The van der Waals surface area contributed by atoms with Crippen molar-refractivity contribution in [2.24, 2.45) is 0 Å². The summed E-state index contributed by atoms with van der Waals surface area (Å²) < 4.78 is 1.77. The fourth-order valence-electron chi connectivity index (χ4n) is 1.82. The lowest BCUT2D eigenvalue weighted by atomic mass is 10.0. The quantitative estimate of drug-likeness (QED) is 0.935. The lowest BCUT2D eigenvalue weighted by Crippen LogP contribution is -2.07. The van der Waals surface area contributed by atoms with Crippen LogP contribution < -0.4 is 0 Å². The third-order valence-corrected chi connectivity index (χ3v) is 3.45. The molecule has 5 heteroatoms. The van der Waals surface area contributed by atoms with Gasteiger partial charge in [-0.05, 0) is 25.0 Å². The highest BCUT2D eigenvalue weighted by Crippen LogP contribution is 2.17. The molecular formula is C14H15ClN2O2. The maximum Gasteiger partial charge on any atom is 0.310 e. The molecule has 19 heavy (non-hydrogen) atoms. The van der Waals surface area contributed by atoms with Crippen molar-refractivity contribution >= 4 is 17.6 Å². The van der Waals surface area contributed by atoms with Gasteiger partial charge in [0.25, 0.3) is 0 Å². The molecule has 0 spiro atoms. The SMILES string of the molecule is Cc1nn(Cc2ccc(C(C)C(=O)O)cc2)cc1Cl. The minimum Gasteiger partial charge on any atom is -0.481 e. The maximum absolute atomic E-state index is 10.9. The highest BCUT2D eigenvalue weighted by molar-refractivity contribution is 6.31. The summed E-state index contributed by atoms with van der Waals surface area (Å²) in [6, 6.07) is 7.51. The van der Waals surface area contributed by atoms with Crippen LogP contribution in [0.4, 0.5) is 0 Å². The summed E-state index contributed by atoms with van der Waals surface area (Å²) in [5.41, 5.74) is 2.66. The van der Waals surface area contributed by atoms with E-state index >= 15 is 0 Å². The van der Waals surface area contributed by atoms with E-state index < -0.39 is 11.9 Å². The monoisotopic (exact) mass is 278 g/mol. The summed E-state index contributed by atoms with van der Waals surface area (Å²) in [5, 5.41) is 13.9. The first-order valence-electron chi connectivity index (χ1n) is 5.98. The Hall–Kier alpha value is -1.81. The molecule has 0 saturated carbocycles. The third-order valence-electron chi connectivity index (χ3n) is 3.08. The van der Waals surface area contributed by atoms with Gasteiger partial charge < -0.3 is 5.11 Å². The van der Waals surface area contributed by atoms with Gasteiger partial charge >= 0.3 is 5.97 Å². The average molecular weight is 279 g/mol. The van der Waals surface area contributed by atoms with E-state index in [0.717, 1.165) is 16.8 Å². The highest BCUT2D eigenvalue weighted by atomic mass is 35.5. The van der Waals surface area contributed by atoms with E-state index in [4.69, 9.17) is 16.7 Å². The number of hydrogen-bond acceptors (Lipinski definition) is 2. The van der Waals surface area contributed by atoms with Gasteiger partial charge in [-0.25, -0.2) is 0 Å². The average Bonchev–Trinajstić information content (AvgIpc) is 2.68. The van der Waals surface area contributed by atoms with Gasteiger partial charge in [0.1, 0.15) is 0 Å². The van der Waals surface area contributed by atoms with E-state index in [2.05, 4.69) is 5.10 Å². The van der Waals surface area contributed by atoms with Crippen molar-refractivity contribution in [1.82, 2.24) is 9.78 Å². The Morgan fingerprint density at radius 1 is 1.42 bits per heavy atom. The molecule has 0 fully saturated rings. The van der Waals surface area contributed by atoms with Gasteiger partial charge in [0.05, 0.1) is 23.2 Å². The van der Waals surface area contributed by atoms with E-state index in [1.165, 1.54) is 0 Å². The third kappa shape index (κ3) is 3.15. The smallest absolute Gasteiger partial charge is 0.310 e. The first kappa shape index (κ1) is 13.6. The van der Waals surface area contributed by atoms with Crippen molar-refractivity contribution in [3.63, 3.8) is 0 Å². The van der Waals surface area contributed by atoms with Gasteiger partial charge in [-0.3, -0.25) is 9.48 Å². The summed E-state index contributed by atoms with van der Waals surface area (Å²) >= 11 is 5.95. The van der Waals surface area contributed by atoms with E-state index in [1.54, 1.807) is 17.8 Å². The molecule has 0 aliphatic heterocycles. The Morgan fingerprint density at radius 3 is 2.53 bits per heavy atom. The molecular weight excluding hydrogens is 264 g/mol. The molecule has 1 atom stereocenters. The van der Waals surface area contributed by atoms with Crippen LogP contribution in [0.25, 0.3) is 0 Å². The number of aliphatic carboxylic acids is 1. The predicted octanol–water partition coefficient (Wildman–Crippen LogP) is 3.08. The summed E-state index contributed by atoms with van der Waals surface area (Å²) in [6.07, 6.45) is 1.78. The number of benzene rings is 1. The summed E-state index contributed by atoms with van der Waals surface area (Å²) in [4.78, 5) is 10.9. The second-order valence-corrected chi connectivity index (χ2v) is 4.97. The zero-order valence-electron chi connectivity index (χ0n) is 10.8. The summed E-state index contributed by atoms with van der Waals surface area (Å²) in [7, 11) is 0. The standard InChI is InChI=1S/C14H15ClN2O2/c1-9(14(18)19)12-5-3-11(4-6-12)7-17-8-13(15)10(2)16-17/h3-6,8-9H,7H2,1-2H3,(H,18,19). The van der Waals surface area contributed by atoms with Crippen LogP contribution in [0.2, 0.25) is 5.02 Å². The Morgan fingerprint density at radius 2 is 2.05 bits per heavy atom. The maximum atomic E-state index is 10.9. The molecule has 0 bridgehead atoms. The van der Waals surface area contributed by atoms with Crippen molar-refractivity contribution in [3.05, 3.63) is 52.3 Å². The minimum absolute atomic E-state index is 0.490. The van der Waals surface area contributed by atoms with Crippen molar-refractivity contribution in [3.8, 4) is 0 Å². The molecule has 1 unspecified atom stereocenters. The zero-order valence-corrected chi connectivity index (χ0v) is 11.6. The fraction of sp³-hybridized carbons (Fsp3) is 0.286. The van der Waals surface area contributed by atoms with Crippen LogP contribution in [0.15, 0.2) is 30.5 Å².